The predicted molar refractivity (Wildman–Crippen MR) is 69.1 cm³/mol. The zero-order valence-corrected chi connectivity index (χ0v) is 10.9. The van der Waals surface area contributed by atoms with E-state index in [4.69, 9.17) is 5.11 Å². The number of nitrogens with zero attached hydrogens (tertiary/aromatic N) is 4. The number of hydrogen-bond acceptors (Lipinski definition) is 4. The van der Waals surface area contributed by atoms with E-state index in [1.807, 2.05) is 0 Å². The highest BCUT2D eigenvalue weighted by atomic mass is 16.4. The first-order valence-electron chi connectivity index (χ1n) is 6.11. The van der Waals surface area contributed by atoms with Crippen LogP contribution in [0.25, 0.3) is 0 Å². The summed E-state index contributed by atoms with van der Waals surface area (Å²) in [5.74, 6) is -1.40. The Morgan fingerprint density at radius 1 is 1.40 bits per heavy atom. The van der Waals surface area contributed by atoms with Gasteiger partial charge in [-0.15, -0.1) is 0 Å². The second-order valence-electron chi connectivity index (χ2n) is 4.20. The van der Waals surface area contributed by atoms with E-state index in [0.717, 1.165) is 0 Å². The molecule has 2 N–H and O–H groups in total. The zero-order valence-electron chi connectivity index (χ0n) is 10.9. The Bertz CT molecular complexity index is 590. The lowest BCUT2D eigenvalue weighted by molar-refractivity contribution is -0.124. The third-order valence-corrected chi connectivity index (χ3v) is 2.84. The fourth-order valence-electron chi connectivity index (χ4n) is 1.78. The molecular formula is C12H15N5O3. The van der Waals surface area contributed by atoms with Crippen LogP contribution in [-0.2, 0) is 11.3 Å². The van der Waals surface area contributed by atoms with Gasteiger partial charge in [0.25, 0.3) is 0 Å². The minimum Gasteiger partial charge on any atom is -0.477 e. The van der Waals surface area contributed by atoms with Crippen LogP contribution in [0.3, 0.4) is 0 Å². The number of carbonyl (C=O) groups excluding carboxylic acids is 1. The van der Waals surface area contributed by atoms with Gasteiger partial charge in [-0.1, -0.05) is 0 Å². The zero-order chi connectivity index (χ0) is 14.5. The standard InChI is InChI=1S/C12H15N5O3/c1-9(17-10(12(19)20)3-5-15-17)11(18)13-6-8-16-7-2-4-14-16/h2-5,7,9H,6,8H2,1H3,(H,13,18)(H,19,20). The fraction of sp³-hybridized carbons (Fsp3) is 0.333. The minimum absolute atomic E-state index is 0.0141. The smallest absolute Gasteiger partial charge is 0.354 e. The van der Waals surface area contributed by atoms with Gasteiger partial charge in [0.15, 0.2) is 0 Å². The first-order chi connectivity index (χ1) is 9.59. The Labute approximate surface area is 115 Å². The van der Waals surface area contributed by atoms with Crippen LogP contribution in [0.2, 0.25) is 0 Å². The Hall–Kier alpha value is -2.64. The number of carboxylic acids is 1. The van der Waals surface area contributed by atoms with E-state index >= 15 is 0 Å². The van der Waals surface area contributed by atoms with Crippen LogP contribution in [0.5, 0.6) is 0 Å². The van der Waals surface area contributed by atoms with Crippen molar-refractivity contribution in [3.8, 4) is 0 Å². The molecule has 0 saturated carbocycles. The van der Waals surface area contributed by atoms with Gasteiger partial charge >= 0.3 is 5.97 Å². The third kappa shape index (κ3) is 3.02. The molecule has 2 rings (SSSR count). The number of hydrogen-bond donors (Lipinski definition) is 2. The number of rotatable bonds is 6. The van der Waals surface area contributed by atoms with Gasteiger partial charge in [0.05, 0.1) is 6.54 Å². The van der Waals surface area contributed by atoms with E-state index < -0.39 is 12.0 Å². The molecule has 0 bridgehead atoms. The Morgan fingerprint density at radius 2 is 2.20 bits per heavy atom. The molecule has 1 amide bonds. The summed E-state index contributed by atoms with van der Waals surface area (Å²) in [6.07, 6.45) is 4.82. The molecule has 0 fully saturated rings. The van der Waals surface area contributed by atoms with Crippen LogP contribution in [0.4, 0.5) is 0 Å². The predicted octanol–water partition coefficient (Wildman–Crippen LogP) is 0.155. The summed E-state index contributed by atoms with van der Waals surface area (Å²) in [6, 6.07) is 2.47. The second kappa shape index (κ2) is 6.00. The van der Waals surface area contributed by atoms with Crippen molar-refractivity contribution in [1.29, 1.82) is 0 Å². The highest BCUT2D eigenvalue weighted by Crippen LogP contribution is 2.09. The Morgan fingerprint density at radius 3 is 2.85 bits per heavy atom. The molecule has 20 heavy (non-hydrogen) atoms. The minimum atomic E-state index is -1.11. The lowest BCUT2D eigenvalue weighted by atomic mass is 10.3. The molecule has 2 aromatic rings. The molecule has 1 atom stereocenters. The first kappa shape index (κ1) is 13.8. The number of carboxylic acid groups (broad SMARTS) is 1. The number of aromatic nitrogens is 4. The average molecular weight is 277 g/mol. The Balaban J connectivity index is 1.91. The number of aromatic carboxylic acids is 1. The van der Waals surface area contributed by atoms with Crippen molar-refractivity contribution >= 4 is 11.9 Å². The summed E-state index contributed by atoms with van der Waals surface area (Å²) in [6.45, 7) is 2.56. The van der Waals surface area contributed by atoms with Gasteiger partial charge in [0, 0.05) is 25.1 Å². The van der Waals surface area contributed by atoms with Gasteiger partial charge in [0.2, 0.25) is 5.91 Å². The molecule has 8 heteroatoms. The fourth-order valence-corrected chi connectivity index (χ4v) is 1.78. The van der Waals surface area contributed by atoms with Gasteiger partial charge in [-0.25, -0.2) is 9.48 Å². The summed E-state index contributed by atoms with van der Waals surface area (Å²) in [4.78, 5) is 22.9. The summed E-state index contributed by atoms with van der Waals surface area (Å²) < 4.78 is 2.88. The van der Waals surface area contributed by atoms with Crippen LogP contribution in [0, 0.1) is 0 Å². The van der Waals surface area contributed by atoms with Crippen LogP contribution >= 0.6 is 0 Å². The van der Waals surface area contributed by atoms with Crippen molar-refractivity contribution in [2.24, 2.45) is 0 Å². The molecule has 2 heterocycles. The number of carbonyl (C=O) groups is 2. The highest BCUT2D eigenvalue weighted by molar-refractivity contribution is 5.87. The molecule has 106 valence electrons. The maximum absolute atomic E-state index is 12.0. The van der Waals surface area contributed by atoms with Gasteiger partial charge in [-0.3, -0.25) is 9.48 Å². The monoisotopic (exact) mass is 277 g/mol. The maximum Gasteiger partial charge on any atom is 0.354 e. The van der Waals surface area contributed by atoms with Crippen molar-refractivity contribution in [2.45, 2.75) is 19.5 Å². The highest BCUT2D eigenvalue weighted by Gasteiger charge is 2.20. The van der Waals surface area contributed by atoms with Crippen molar-refractivity contribution in [3.63, 3.8) is 0 Å². The van der Waals surface area contributed by atoms with Crippen LogP contribution in [0.1, 0.15) is 23.5 Å². The quantitative estimate of drug-likeness (QED) is 0.782. The van der Waals surface area contributed by atoms with E-state index in [-0.39, 0.29) is 11.6 Å². The summed E-state index contributed by atoms with van der Waals surface area (Å²) in [5.41, 5.74) is -0.0141. The molecule has 8 nitrogen and oxygen atoms in total. The molecular weight excluding hydrogens is 262 g/mol. The van der Waals surface area contributed by atoms with E-state index in [1.165, 1.54) is 16.9 Å². The molecule has 0 aromatic carbocycles. The van der Waals surface area contributed by atoms with E-state index in [1.54, 1.807) is 30.1 Å². The molecule has 2 aromatic heterocycles. The van der Waals surface area contributed by atoms with Gasteiger partial charge < -0.3 is 10.4 Å². The third-order valence-electron chi connectivity index (χ3n) is 2.84. The van der Waals surface area contributed by atoms with E-state index in [0.29, 0.717) is 13.1 Å². The molecule has 0 aliphatic rings. The molecule has 0 aliphatic carbocycles. The second-order valence-corrected chi connectivity index (χ2v) is 4.20. The van der Waals surface area contributed by atoms with E-state index in [2.05, 4.69) is 15.5 Å². The normalized spacial score (nSPS) is 12.1. The van der Waals surface area contributed by atoms with Gasteiger partial charge in [-0.2, -0.15) is 10.2 Å². The van der Waals surface area contributed by atoms with Gasteiger partial charge in [-0.05, 0) is 19.1 Å². The molecule has 0 saturated heterocycles. The van der Waals surface area contributed by atoms with Crippen molar-refractivity contribution < 1.29 is 14.7 Å². The maximum atomic E-state index is 12.0. The lowest BCUT2D eigenvalue weighted by Gasteiger charge is -2.14. The topological polar surface area (TPSA) is 102 Å². The summed E-state index contributed by atoms with van der Waals surface area (Å²) in [7, 11) is 0. The number of nitrogens with one attached hydrogen (secondary N) is 1. The molecule has 0 radical (unpaired) electrons. The van der Waals surface area contributed by atoms with Crippen LogP contribution < -0.4 is 5.32 Å². The largest absolute Gasteiger partial charge is 0.477 e. The lowest BCUT2D eigenvalue weighted by Crippen LogP contribution is -2.34. The van der Waals surface area contributed by atoms with Gasteiger partial charge in [0.1, 0.15) is 11.7 Å². The average Bonchev–Trinajstić information content (AvgIpc) is 3.08. The van der Waals surface area contributed by atoms with E-state index in [9.17, 15) is 9.59 Å². The SMILES string of the molecule is CC(C(=O)NCCn1cccn1)n1nccc1C(=O)O. The summed E-state index contributed by atoms with van der Waals surface area (Å²) >= 11 is 0. The van der Waals surface area contributed by atoms with Crippen molar-refractivity contribution in [2.75, 3.05) is 6.54 Å². The Kier molecular flexibility index (Phi) is 4.14. The summed E-state index contributed by atoms with van der Waals surface area (Å²) in [5, 5.41) is 19.6. The number of amides is 1. The first-order valence-corrected chi connectivity index (χ1v) is 6.11. The molecule has 0 spiro atoms. The van der Waals surface area contributed by atoms with Crippen molar-refractivity contribution in [1.82, 2.24) is 24.9 Å². The molecule has 1 unspecified atom stereocenters. The van der Waals surface area contributed by atoms with Crippen LogP contribution in [0.15, 0.2) is 30.7 Å². The van der Waals surface area contributed by atoms with Crippen LogP contribution in [-0.4, -0.2) is 43.1 Å². The molecule has 0 aliphatic heterocycles. The van der Waals surface area contributed by atoms with Crippen molar-refractivity contribution in [3.05, 3.63) is 36.4 Å².